The number of anilines is 1. The lowest BCUT2D eigenvalue weighted by Crippen LogP contribution is -2.49. The van der Waals surface area contributed by atoms with Crippen molar-refractivity contribution < 1.29 is 27.3 Å². The molecule has 1 aromatic heterocycles. The molecule has 2 aromatic rings. The van der Waals surface area contributed by atoms with Gasteiger partial charge in [0.1, 0.15) is 11.9 Å². The zero-order chi connectivity index (χ0) is 28.3. The molecule has 3 rings (SSSR count). The molecule has 14 heteroatoms. The van der Waals surface area contributed by atoms with Crippen LogP contribution in [-0.4, -0.2) is 73.4 Å². The Morgan fingerprint density at radius 2 is 1.71 bits per heavy atom. The zero-order valence-corrected chi connectivity index (χ0v) is 24.1. The first-order valence-electron chi connectivity index (χ1n) is 12.4. The van der Waals surface area contributed by atoms with Gasteiger partial charge in [-0.1, -0.05) is 20.8 Å². The molecule has 0 spiro atoms. The highest BCUT2D eigenvalue weighted by atomic mass is 35.5. The second kappa shape index (κ2) is 11.8. The molecule has 0 saturated carbocycles. The molecule has 1 aliphatic heterocycles. The lowest BCUT2D eigenvalue weighted by molar-refractivity contribution is -0.389. The van der Waals surface area contributed by atoms with Gasteiger partial charge in [-0.15, -0.1) is 13.2 Å². The van der Waals surface area contributed by atoms with Crippen molar-refractivity contribution in [3.05, 3.63) is 45.9 Å². The third-order valence-corrected chi connectivity index (χ3v) is 12.0. The van der Waals surface area contributed by atoms with Crippen LogP contribution in [0.25, 0.3) is 0 Å². The van der Waals surface area contributed by atoms with E-state index in [-0.39, 0.29) is 27.8 Å². The van der Waals surface area contributed by atoms with Gasteiger partial charge in [-0.3, -0.25) is 9.47 Å². The highest BCUT2D eigenvalue weighted by Crippen LogP contribution is 2.37. The van der Waals surface area contributed by atoms with Crippen LogP contribution in [0.1, 0.15) is 20.8 Å². The molecule has 1 aliphatic rings. The highest BCUT2D eigenvalue weighted by Gasteiger charge is 2.38. The number of halogens is 4. The number of imidazole rings is 1. The van der Waals surface area contributed by atoms with Crippen LogP contribution < -0.4 is 9.64 Å². The maximum Gasteiger partial charge on any atom is 0.573 e. The number of rotatable bonds is 10. The molecule has 1 saturated heterocycles. The van der Waals surface area contributed by atoms with E-state index in [0.29, 0.717) is 32.8 Å². The summed E-state index contributed by atoms with van der Waals surface area (Å²) >= 11 is 6.20. The van der Waals surface area contributed by atoms with E-state index < -0.39 is 19.6 Å². The van der Waals surface area contributed by atoms with Gasteiger partial charge in [0.15, 0.2) is 8.32 Å². The topological polar surface area (TPSA) is 85.9 Å². The minimum absolute atomic E-state index is 0.0146. The molecule has 0 bridgehead atoms. The number of hydrogen-bond donors (Lipinski definition) is 0. The fourth-order valence-corrected chi connectivity index (χ4v) is 5.28. The van der Waals surface area contributed by atoms with E-state index in [1.54, 1.807) is 16.7 Å². The predicted molar refractivity (Wildman–Crippen MR) is 142 cm³/mol. The number of piperazine rings is 1. The normalized spacial score (nSPS) is 16.5. The van der Waals surface area contributed by atoms with Crippen molar-refractivity contribution >= 4 is 31.4 Å². The van der Waals surface area contributed by atoms with Gasteiger partial charge in [0.25, 0.3) is 0 Å². The second-order valence-corrected chi connectivity index (χ2v) is 16.2. The van der Waals surface area contributed by atoms with Gasteiger partial charge < -0.3 is 24.2 Å². The van der Waals surface area contributed by atoms with Crippen molar-refractivity contribution in [3.63, 3.8) is 0 Å². The average molecular weight is 578 g/mol. The number of nitro groups is 1. The van der Waals surface area contributed by atoms with E-state index in [1.165, 1.54) is 18.3 Å². The molecule has 0 aliphatic carbocycles. The minimum atomic E-state index is -4.72. The van der Waals surface area contributed by atoms with Gasteiger partial charge in [0.2, 0.25) is 0 Å². The Labute approximate surface area is 226 Å². The third-order valence-electron chi connectivity index (χ3n) is 7.17. The van der Waals surface area contributed by atoms with E-state index >= 15 is 0 Å². The van der Waals surface area contributed by atoms with Gasteiger partial charge in [-0.05, 0) is 63.9 Å². The SMILES string of the molecule is CC(C)(C)[Si](C)(C)OCC(CN1CCN(c2ccc(OC(F)(F)F)cc2)CC1)Cn1cc([N+](=O)[O-])nc1Cl. The zero-order valence-electron chi connectivity index (χ0n) is 22.3. The fraction of sp³-hybridized carbons (Fsp3) is 0.625. The van der Waals surface area contributed by atoms with Crippen LogP contribution in [0.5, 0.6) is 5.75 Å². The Bertz CT molecular complexity index is 1080. The van der Waals surface area contributed by atoms with Gasteiger partial charge in [0, 0.05) is 57.5 Å². The summed E-state index contributed by atoms with van der Waals surface area (Å²) in [5, 5.41) is 11.2. The fourth-order valence-electron chi connectivity index (χ4n) is 3.99. The maximum absolute atomic E-state index is 12.4. The van der Waals surface area contributed by atoms with Crippen LogP contribution in [-0.2, 0) is 11.0 Å². The van der Waals surface area contributed by atoms with Crippen LogP contribution >= 0.6 is 11.6 Å². The Kier molecular flexibility index (Phi) is 9.38. The van der Waals surface area contributed by atoms with Gasteiger partial charge >= 0.3 is 17.5 Å². The molecule has 0 N–H and O–H groups in total. The Hall–Kier alpha value is -2.35. The average Bonchev–Trinajstić information content (AvgIpc) is 3.17. The van der Waals surface area contributed by atoms with Crippen molar-refractivity contribution in [2.24, 2.45) is 5.92 Å². The summed E-state index contributed by atoms with van der Waals surface area (Å²) in [6, 6.07) is 5.88. The second-order valence-electron chi connectivity index (χ2n) is 11.0. The molecule has 9 nitrogen and oxygen atoms in total. The van der Waals surface area contributed by atoms with Crippen molar-refractivity contribution in [3.8, 4) is 5.75 Å². The lowest BCUT2D eigenvalue weighted by Gasteiger charge is -2.40. The van der Waals surface area contributed by atoms with Crippen LogP contribution in [0.2, 0.25) is 23.4 Å². The first kappa shape index (κ1) is 30.2. The molecule has 1 aromatic carbocycles. The summed E-state index contributed by atoms with van der Waals surface area (Å²) in [6.45, 7) is 15.4. The smallest absolute Gasteiger partial charge is 0.416 e. The number of nitrogens with zero attached hydrogens (tertiary/aromatic N) is 5. The minimum Gasteiger partial charge on any atom is -0.416 e. The van der Waals surface area contributed by atoms with E-state index in [4.69, 9.17) is 16.0 Å². The number of alkyl halides is 3. The Balaban J connectivity index is 1.64. The molecule has 1 unspecified atom stereocenters. The van der Waals surface area contributed by atoms with Gasteiger partial charge in [-0.2, -0.15) is 0 Å². The molecular weight excluding hydrogens is 543 g/mol. The summed E-state index contributed by atoms with van der Waals surface area (Å²) in [4.78, 5) is 18.8. The molecule has 38 heavy (non-hydrogen) atoms. The van der Waals surface area contributed by atoms with Gasteiger partial charge in [0.05, 0.1) is 0 Å². The summed E-state index contributed by atoms with van der Waals surface area (Å²) in [6.07, 6.45) is -3.37. The molecule has 212 valence electrons. The van der Waals surface area contributed by atoms with Gasteiger partial charge in [-0.25, -0.2) is 0 Å². The Morgan fingerprint density at radius 3 is 2.21 bits per heavy atom. The summed E-state index contributed by atoms with van der Waals surface area (Å²) in [5.74, 6) is -0.525. The summed E-state index contributed by atoms with van der Waals surface area (Å²) in [7, 11) is -2.03. The molecule has 1 fully saturated rings. The van der Waals surface area contributed by atoms with Crippen molar-refractivity contribution in [2.45, 2.75) is 51.8 Å². The van der Waals surface area contributed by atoms with E-state index in [0.717, 1.165) is 18.8 Å². The first-order chi connectivity index (χ1) is 17.5. The van der Waals surface area contributed by atoms with Crippen LogP contribution in [0.4, 0.5) is 24.7 Å². The lowest BCUT2D eigenvalue weighted by atomic mass is 10.1. The summed E-state index contributed by atoms with van der Waals surface area (Å²) in [5.41, 5.74) is 0.828. The predicted octanol–water partition coefficient (Wildman–Crippen LogP) is 5.80. The van der Waals surface area contributed by atoms with Crippen LogP contribution in [0.15, 0.2) is 30.5 Å². The monoisotopic (exact) mass is 577 g/mol. The standard InChI is InChI=1S/C24H35ClF3N5O4Si/c1-23(2,3)38(4,5)36-17-18(15-32-16-21(33(34)35)29-22(32)25)14-30-10-12-31(13-11-30)19-6-8-20(9-7-19)37-24(26,27)28/h6-9,16,18H,10-15,17H2,1-5H3. The number of aromatic nitrogens is 2. The van der Waals surface area contributed by atoms with Crippen molar-refractivity contribution in [2.75, 3.05) is 44.2 Å². The highest BCUT2D eigenvalue weighted by molar-refractivity contribution is 6.74. The molecule has 0 radical (unpaired) electrons. The number of hydrogen-bond acceptors (Lipinski definition) is 7. The maximum atomic E-state index is 12.4. The largest absolute Gasteiger partial charge is 0.573 e. The number of ether oxygens (including phenoxy) is 1. The first-order valence-corrected chi connectivity index (χ1v) is 15.7. The van der Waals surface area contributed by atoms with E-state index in [2.05, 4.69) is 53.4 Å². The quantitative estimate of drug-likeness (QED) is 0.200. The number of benzene rings is 1. The molecule has 0 amide bonds. The third kappa shape index (κ3) is 8.32. The summed E-state index contributed by atoms with van der Waals surface area (Å²) < 4.78 is 49.3. The molecule has 2 heterocycles. The van der Waals surface area contributed by atoms with E-state index in [9.17, 15) is 23.3 Å². The molecule has 1 atom stereocenters. The van der Waals surface area contributed by atoms with Crippen molar-refractivity contribution in [1.29, 1.82) is 0 Å². The Morgan fingerprint density at radius 1 is 1.11 bits per heavy atom. The van der Waals surface area contributed by atoms with Crippen LogP contribution in [0.3, 0.4) is 0 Å². The van der Waals surface area contributed by atoms with Crippen LogP contribution in [0, 0.1) is 16.0 Å². The van der Waals surface area contributed by atoms with E-state index in [1.807, 2.05) is 0 Å². The molecular formula is C24H35ClF3N5O4Si. The van der Waals surface area contributed by atoms with Crippen molar-refractivity contribution in [1.82, 2.24) is 14.5 Å².